The standard InChI is InChI=1S/C19H18N2O8/c1-27-12-5-7-17(28-2)13(9-12)15(22)10-16(23)19(24)20-14-6-4-11(21(25)26)8-18(14)29-3/h4-10,22H,1-3H3,(H,20,24)/b15-10-. The number of amides is 1. The lowest BCUT2D eigenvalue weighted by molar-refractivity contribution is -0.384. The highest BCUT2D eigenvalue weighted by Crippen LogP contribution is 2.30. The van der Waals surface area contributed by atoms with Crippen molar-refractivity contribution in [1.29, 1.82) is 0 Å². The second kappa shape index (κ2) is 9.22. The highest BCUT2D eigenvalue weighted by atomic mass is 16.6. The van der Waals surface area contributed by atoms with Crippen molar-refractivity contribution in [3.05, 3.63) is 58.2 Å². The first-order valence-electron chi connectivity index (χ1n) is 8.11. The summed E-state index contributed by atoms with van der Waals surface area (Å²) in [5.74, 6) is -1.96. The molecule has 1 amide bonds. The number of nitrogens with one attached hydrogen (secondary N) is 1. The van der Waals surface area contributed by atoms with Gasteiger partial charge in [0.25, 0.3) is 11.6 Å². The summed E-state index contributed by atoms with van der Waals surface area (Å²) in [5, 5.41) is 23.4. The van der Waals surface area contributed by atoms with Crippen LogP contribution in [0.1, 0.15) is 5.56 Å². The van der Waals surface area contributed by atoms with E-state index in [1.165, 1.54) is 39.5 Å². The molecule has 2 aromatic rings. The van der Waals surface area contributed by atoms with Gasteiger partial charge in [0.1, 0.15) is 23.0 Å². The van der Waals surface area contributed by atoms with E-state index in [4.69, 9.17) is 14.2 Å². The summed E-state index contributed by atoms with van der Waals surface area (Å²) in [7, 11) is 4.08. The molecule has 0 spiro atoms. The Hall–Kier alpha value is -4.08. The Morgan fingerprint density at radius 3 is 2.31 bits per heavy atom. The predicted molar refractivity (Wildman–Crippen MR) is 103 cm³/mol. The topological polar surface area (TPSA) is 137 Å². The second-order valence-corrected chi connectivity index (χ2v) is 5.56. The van der Waals surface area contributed by atoms with Gasteiger partial charge in [-0.1, -0.05) is 0 Å². The van der Waals surface area contributed by atoms with E-state index in [-0.39, 0.29) is 28.4 Å². The summed E-state index contributed by atoms with van der Waals surface area (Å²) in [5.41, 5.74) is -0.0296. The van der Waals surface area contributed by atoms with Gasteiger partial charge in [0, 0.05) is 12.1 Å². The Kier molecular flexibility index (Phi) is 6.75. The number of carbonyl (C=O) groups is 2. The minimum absolute atomic E-state index is 0.00279. The van der Waals surface area contributed by atoms with Crippen molar-refractivity contribution in [2.75, 3.05) is 26.6 Å². The highest BCUT2D eigenvalue weighted by Gasteiger charge is 2.19. The quantitative estimate of drug-likeness (QED) is 0.226. The van der Waals surface area contributed by atoms with Crippen molar-refractivity contribution in [2.45, 2.75) is 0 Å². The molecule has 0 unspecified atom stereocenters. The first kappa shape index (κ1) is 21.2. The molecule has 152 valence electrons. The zero-order chi connectivity index (χ0) is 21.6. The van der Waals surface area contributed by atoms with Gasteiger partial charge in [0.15, 0.2) is 0 Å². The van der Waals surface area contributed by atoms with Crippen molar-refractivity contribution in [3.8, 4) is 17.2 Å². The van der Waals surface area contributed by atoms with Crippen LogP contribution >= 0.6 is 0 Å². The highest BCUT2D eigenvalue weighted by molar-refractivity contribution is 6.45. The van der Waals surface area contributed by atoms with Crippen molar-refractivity contribution in [1.82, 2.24) is 0 Å². The van der Waals surface area contributed by atoms with E-state index < -0.39 is 22.4 Å². The Labute approximate surface area is 165 Å². The summed E-state index contributed by atoms with van der Waals surface area (Å²) >= 11 is 0. The second-order valence-electron chi connectivity index (χ2n) is 5.56. The number of hydrogen-bond donors (Lipinski definition) is 2. The van der Waals surface area contributed by atoms with Crippen LogP contribution in [0.3, 0.4) is 0 Å². The first-order valence-corrected chi connectivity index (χ1v) is 8.11. The van der Waals surface area contributed by atoms with Crippen molar-refractivity contribution < 1.29 is 33.8 Å². The number of rotatable bonds is 8. The van der Waals surface area contributed by atoms with Gasteiger partial charge >= 0.3 is 0 Å². The van der Waals surface area contributed by atoms with E-state index in [0.717, 1.165) is 18.2 Å². The number of aliphatic hydroxyl groups excluding tert-OH is 1. The van der Waals surface area contributed by atoms with Gasteiger partial charge in [-0.3, -0.25) is 19.7 Å². The predicted octanol–water partition coefficient (Wildman–Crippen LogP) is 2.73. The van der Waals surface area contributed by atoms with Gasteiger partial charge in [-0.15, -0.1) is 0 Å². The van der Waals surface area contributed by atoms with Crippen molar-refractivity contribution >= 4 is 28.8 Å². The summed E-state index contributed by atoms with van der Waals surface area (Å²) in [6, 6.07) is 8.06. The lowest BCUT2D eigenvalue weighted by Gasteiger charge is -2.10. The molecule has 0 fully saturated rings. The molecule has 0 saturated heterocycles. The molecule has 0 aliphatic rings. The number of carbonyl (C=O) groups excluding carboxylic acids is 2. The fourth-order valence-electron chi connectivity index (χ4n) is 2.36. The summed E-state index contributed by atoms with van der Waals surface area (Å²) in [6.07, 6.45) is 0.727. The number of benzene rings is 2. The molecule has 2 rings (SSSR count). The number of nitro benzene ring substituents is 1. The Bertz CT molecular complexity index is 984. The van der Waals surface area contributed by atoms with E-state index >= 15 is 0 Å². The van der Waals surface area contributed by atoms with Crippen LogP contribution in [0.4, 0.5) is 11.4 Å². The van der Waals surface area contributed by atoms with Crippen molar-refractivity contribution in [3.63, 3.8) is 0 Å². The zero-order valence-corrected chi connectivity index (χ0v) is 15.8. The average Bonchev–Trinajstić information content (AvgIpc) is 2.72. The number of nitrogens with zero attached hydrogens (tertiary/aromatic N) is 1. The molecule has 0 atom stereocenters. The molecule has 2 N–H and O–H groups in total. The smallest absolute Gasteiger partial charge is 0.296 e. The number of ketones is 1. The zero-order valence-electron chi connectivity index (χ0n) is 15.8. The molecule has 0 bridgehead atoms. The van der Waals surface area contributed by atoms with E-state index in [2.05, 4.69) is 5.32 Å². The number of non-ortho nitro benzene ring substituents is 1. The maximum atomic E-state index is 12.2. The van der Waals surface area contributed by atoms with Gasteiger partial charge in [0.05, 0.1) is 43.6 Å². The van der Waals surface area contributed by atoms with E-state index in [0.29, 0.717) is 5.75 Å². The number of anilines is 1. The molecule has 0 aliphatic heterocycles. The van der Waals surface area contributed by atoms with Crippen LogP contribution in [0, 0.1) is 10.1 Å². The number of nitro groups is 1. The van der Waals surface area contributed by atoms with Crippen LogP contribution in [0.25, 0.3) is 5.76 Å². The van der Waals surface area contributed by atoms with Gasteiger partial charge in [-0.05, 0) is 24.3 Å². The van der Waals surface area contributed by atoms with Crippen molar-refractivity contribution in [2.24, 2.45) is 0 Å². The molecular weight excluding hydrogens is 384 g/mol. The Balaban J connectivity index is 2.25. The largest absolute Gasteiger partial charge is 0.507 e. The normalized spacial score (nSPS) is 10.8. The SMILES string of the molecule is COc1ccc(OC)c(/C(O)=C/C(=O)C(=O)Nc2ccc([N+](=O)[O-])cc2OC)c1. The fourth-order valence-corrected chi connectivity index (χ4v) is 2.36. The van der Waals surface area contributed by atoms with E-state index in [1.807, 2.05) is 0 Å². The van der Waals surface area contributed by atoms with E-state index in [9.17, 15) is 24.8 Å². The average molecular weight is 402 g/mol. The maximum absolute atomic E-state index is 12.2. The van der Waals surface area contributed by atoms with Crippen LogP contribution in [-0.2, 0) is 9.59 Å². The van der Waals surface area contributed by atoms with Gasteiger partial charge < -0.3 is 24.6 Å². The van der Waals surface area contributed by atoms with Gasteiger partial charge in [-0.25, -0.2) is 0 Å². The van der Waals surface area contributed by atoms with Crippen LogP contribution < -0.4 is 19.5 Å². The molecule has 10 heteroatoms. The third kappa shape index (κ3) is 5.01. The monoisotopic (exact) mass is 402 g/mol. The third-order valence-corrected chi connectivity index (χ3v) is 3.82. The Morgan fingerprint density at radius 2 is 1.72 bits per heavy atom. The number of methoxy groups -OCH3 is 3. The third-order valence-electron chi connectivity index (χ3n) is 3.82. The molecule has 10 nitrogen and oxygen atoms in total. The number of ether oxygens (including phenoxy) is 3. The van der Waals surface area contributed by atoms with Crippen LogP contribution in [0.5, 0.6) is 17.2 Å². The van der Waals surface area contributed by atoms with Gasteiger partial charge in [0.2, 0.25) is 5.78 Å². The first-order chi connectivity index (χ1) is 13.8. The Morgan fingerprint density at radius 1 is 1.03 bits per heavy atom. The maximum Gasteiger partial charge on any atom is 0.296 e. The molecular formula is C19H18N2O8. The van der Waals surface area contributed by atoms with Crippen LogP contribution in [-0.4, -0.2) is 43.0 Å². The lowest BCUT2D eigenvalue weighted by Crippen LogP contribution is -2.21. The molecule has 0 aromatic heterocycles. The molecule has 29 heavy (non-hydrogen) atoms. The summed E-state index contributed by atoms with van der Waals surface area (Å²) in [6.45, 7) is 0. The lowest BCUT2D eigenvalue weighted by atomic mass is 10.1. The number of hydrogen-bond acceptors (Lipinski definition) is 8. The molecule has 2 aromatic carbocycles. The molecule has 0 aliphatic carbocycles. The summed E-state index contributed by atoms with van der Waals surface area (Å²) < 4.78 is 15.2. The minimum Gasteiger partial charge on any atom is -0.507 e. The summed E-state index contributed by atoms with van der Waals surface area (Å²) in [4.78, 5) is 34.6. The number of aliphatic hydroxyl groups is 1. The minimum atomic E-state index is -1.08. The van der Waals surface area contributed by atoms with Crippen LogP contribution in [0.2, 0.25) is 0 Å². The van der Waals surface area contributed by atoms with Gasteiger partial charge in [-0.2, -0.15) is 0 Å². The molecule has 0 saturated carbocycles. The molecule has 0 heterocycles. The molecule has 0 radical (unpaired) electrons. The van der Waals surface area contributed by atoms with E-state index in [1.54, 1.807) is 6.07 Å². The van der Waals surface area contributed by atoms with Crippen LogP contribution in [0.15, 0.2) is 42.5 Å². The fraction of sp³-hybridized carbons (Fsp3) is 0.158.